The van der Waals surface area contributed by atoms with Gasteiger partial charge in [-0.15, -0.1) is 0 Å². The molecule has 288 valence electrons. The molecule has 0 aliphatic carbocycles. The van der Waals surface area contributed by atoms with E-state index in [9.17, 15) is 34.2 Å². The first-order valence-electron chi connectivity index (χ1n) is 16.7. The van der Waals surface area contributed by atoms with Crippen LogP contribution in [0.25, 0.3) is 0 Å². The minimum atomic E-state index is -5.51. The van der Waals surface area contributed by atoms with Crippen molar-refractivity contribution < 1.29 is 52.3 Å². The van der Waals surface area contributed by atoms with Gasteiger partial charge in [-0.1, -0.05) is 53.5 Å². The smallest absolute Gasteiger partial charge is 0.276 e. The van der Waals surface area contributed by atoms with E-state index in [1.54, 1.807) is 0 Å². The molecule has 3 rings (SSSR count). The van der Waals surface area contributed by atoms with Crippen molar-refractivity contribution >= 4 is 15.6 Å². The molecule has 3 heterocycles. The maximum absolute atomic E-state index is 12.1. The topological polar surface area (TPSA) is 226 Å². The number of rotatable bonds is 17. The zero-order chi connectivity index (χ0) is 37.6. The zero-order valence-corrected chi connectivity index (χ0v) is 31.9. The molecule has 15 nitrogen and oxygen atoms in total. The van der Waals surface area contributed by atoms with Crippen molar-refractivity contribution in [3.05, 3.63) is 71.4 Å². The van der Waals surface area contributed by atoms with Gasteiger partial charge in [0.15, 0.2) is 6.29 Å². The van der Waals surface area contributed by atoms with E-state index in [0.717, 1.165) is 51.0 Å². The summed E-state index contributed by atoms with van der Waals surface area (Å²) in [7, 11) is -10.8. The van der Waals surface area contributed by atoms with E-state index < -0.39 is 59.4 Å². The summed E-state index contributed by atoms with van der Waals surface area (Å²) in [5.41, 5.74) is 4.84. The van der Waals surface area contributed by atoms with Crippen molar-refractivity contribution in [2.75, 3.05) is 26.6 Å². The largest absolute Gasteiger partial charge is 0.756 e. The van der Waals surface area contributed by atoms with Crippen LogP contribution in [0.2, 0.25) is 0 Å². The third-order valence-electron chi connectivity index (χ3n) is 7.49. The first-order chi connectivity index (χ1) is 23.6. The summed E-state index contributed by atoms with van der Waals surface area (Å²) in [6, 6.07) is 0. The van der Waals surface area contributed by atoms with E-state index in [1.807, 2.05) is 31.7 Å². The number of phosphoric ester groups is 2. The number of ether oxygens (including phenoxy) is 1. The van der Waals surface area contributed by atoms with Gasteiger partial charge in [0.25, 0.3) is 15.6 Å². The van der Waals surface area contributed by atoms with Crippen molar-refractivity contribution in [3.63, 3.8) is 0 Å². The second-order valence-electron chi connectivity index (χ2n) is 12.3. The van der Waals surface area contributed by atoms with Crippen molar-refractivity contribution in [1.29, 1.82) is 0 Å². The van der Waals surface area contributed by atoms with Crippen molar-refractivity contribution in [1.82, 2.24) is 21.3 Å². The fourth-order valence-corrected chi connectivity index (χ4v) is 6.56. The Bertz CT molecular complexity index is 1240. The monoisotopic (exact) mass is 748 g/mol. The number of hydrogen-bond acceptors (Lipinski definition) is 15. The van der Waals surface area contributed by atoms with Crippen LogP contribution in [-0.4, -0.2) is 66.5 Å². The Morgan fingerprint density at radius 3 is 1.66 bits per heavy atom. The third-order valence-corrected chi connectivity index (χ3v) is 10.0. The first-order valence-corrected chi connectivity index (χ1v) is 19.6. The lowest BCUT2D eigenvalue weighted by Gasteiger charge is -2.42. The van der Waals surface area contributed by atoms with E-state index in [4.69, 9.17) is 4.74 Å². The lowest BCUT2D eigenvalue weighted by molar-refractivity contribution is -0.292. The van der Waals surface area contributed by atoms with E-state index in [0.29, 0.717) is 6.42 Å². The molecule has 0 saturated carbocycles. The molecule has 0 bridgehead atoms. The summed E-state index contributed by atoms with van der Waals surface area (Å²) in [5.74, 6) is -1.07. The number of hydrogen-bond donors (Lipinski definition) is 7. The van der Waals surface area contributed by atoms with Gasteiger partial charge in [-0.05, 0) is 73.1 Å². The molecule has 3 aliphatic rings. The summed E-state index contributed by atoms with van der Waals surface area (Å²) in [6.45, 7) is 12.2. The maximum atomic E-state index is 12.1. The Balaban J connectivity index is 0.00000106. The average Bonchev–Trinajstić information content (AvgIpc) is 3.81. The summed E-state index contributed by atoms with van der Waals surface area (Å²) in [4.78, 5) is 24.2. The number of aliphatic hydroxyl groups excluding tert-OH is 3. The quantitative estimate of drug-likeness (QED) is 0.0836. The lowest BCUT2D eigenvalue weighted by Crippen LogP contribution is -2.55. The minimum absolute atomic E-state index is 0.431. The van der Waals surface area contributed by atoms with E-state index >= 15 is 0 Å². The van der Waals surface area contributed by atoms with Gasteiger partial charge in [-0.3, -0.25) is 13.7 Å². The Morgan fingerprint density at radius 2 is 1.24 bits per heavy atom. The van der Waals surface area contributed by atoms with E-state index in [-0.39, 0.29) is 0 Å². The molecule has 0 aromatic heterocycles. The maximum Gasteiger partial charge on any atom is 0.276 e. The van der Waals surface area contributed by atoms with Crippen molar-refractivity contribution in [3.8, 4) is 0 Å². The molecule has 3 aliphatic heterocycles. The second kappa shape index (κ2) is 24.8. The number of allylic oxidation sites excluding steroid dienone is 7. The van der Waals surface area contributed by atoms with Gasteiger partial charge in [-0.2, -0.15) is 0 Å². The molecule has 17 heteroatoms. The Hall–Kier alpha value is -2.26. The SMILES string of the molecule is C1=CNCN1.C1=CNCN1.CC(C)=CCC/C(C)=C\CC/C(C)=C\CC/C(C)=C\COP(=O)([O-])OP(=O)([O-])O[C@H]1OC(CO)[C@@H](O)[C@H](O)C1C. The van der Waals surface area contributed by atoms with Crippen LogP contribution in [0.15, 0.2) is 71.4 Å². The molecule has 50 heavy (non-hydrogen) atoms. The average molecular weight is 749 g/mol. The van der Waals surface area contributed by atoms with Gasteiger partial charge >= 0.3 is 0 Å². The van der Waals surface area contributed by atoms with Crippen LogP contribution in [0.5, 0.6) is 0 Å². The fourth-order valence-electron chi connectivity index (χ4n) is 4.48. The third kappa shape index (κ3) is 21.2. The number of aliphatic hydroxyl groups is 3. The van der Waals surface area contributed by atoms with Gasteiger partial charge < -0.3 is 55.6 Å². The summed E-state index contributed by atoms with van der Waals surface area (Å²) < 4.78 is 42.7. The van der Waals surface area contributed by atoms with Gasteiger partial charge in [0, 0.05) is 30.7 Å². The Labute approximate surface area is 297 Å². The molecule has 7 N–H and O–H groups in total. The molecule has 4 unspecified atom stereocenters. The molecular formula is C33H58N4O11P2-2. The molecule has 0 spiro atoms. The van der Waals surface area contributed by atoms with Gasteiger partial charge in [0.05, 0.1) is 32.7 Å². The number of nitrogens with one attached hydrogen (secondary N) is 4. The van der Waals surface area contributed by atoms with E-state index in [1.165, 1.54) is 29.7 Å². The summed E-state index contributed by atoms with van der Waals surface area (Å²) in [5, 5.41) is 40.8. The second-order valence-corrected chi connectivity index (χ2v) is 15.2. The Kier molecular flexibility index (Phi) is 22.7. The predicted molar refractivity (Wildman–Crippen MR) is 189 cm³/mol. The number of phosphoric acid groups is 2. The molecular weight excluding hydrogens is 690 g/mol. The summed E-state index contributed by atoms with van der Waals surface area (Å²) in [6.07, 6.45) is 15.2. The highest BCUT2D eigenvalue weighted by atomic mass is 31.3. The highest BCUT2D eigenvalue weighted by molar-refractivity contribution is 7.59. The molecule has 0 aromatic carbocycles. The molecule has 0 aromatic rings. The van der Waals surface area contributed by atoms with Crippen LogP contribution in [0.4, 0.5) is 0 Å². The highest BCUT2D eigenvalue weighted by Crippen LogP contribution is 2.57. The lowest BCUT2D eigenvalue weighted by atomic mass is 9.93. The molecule has 7 atom stereocenters. The normalized spacial score (nSPS) is 25.7. The van der Waals surface area contributed by atoms with Crippen LogP contribution in [0.3, 0.4) is 0 Å². The fraction of sp³-hybridized carbons (Fsp3) is 0.636. The van der Waals surface area contributed by atoms with Gasteiger partial charge in [0.2, 0.25) is 0 Å². The van der Waals surface area contributed by atoms with Crippen LogP contribution < -0.4 is 31.1 Å². The first kappa shape index (κ1) is 45.8. The standard InChI is InChI=1S/C27H48O11P2.2C3H6N2/c1-19(2)10-7-11-20(3)12-8-13-21(4)14-9-15-22(5)16-17-35-39(31,32)38-40(33,34)37-27-23(6)25(29)26(30)24(18-28)36-27;2*1-2-5-3-4-1/h10,12,14,16,23-30H,7-9,11,13,15,17-18H2,1-6H3,(H,31,32)(H,33,34);2*1-2,4-5H,3H2/p-2/b20-12-,21-14-,22-16-;;/t23?,24?,25-,26-,27-;;/m1../s1. The van der Waals surface area contributed by atoms with Crippen molar-refractivity contribution in [2.24, 2.45) is 5.92 Å². The minimum Gasteiger partial charge on any atom is -0.756 e. The van der Waals surface area contributed by atoms with Gasteiger partial charge in [-0.25, -0.2) is 4.31 Å². The van der Waals surface area contributed by atoms with Gasteiger partial charge in [0.1, 0.15) is 12.2 Å². The van der Waals surface area contributed by atoms with Crippen LogP contribution in [-0.2, 0) is 27.2 Å². The van der Waals surface area contributed by atoms with Crippen LogP contribution in [0.1, 0.15) is 80.1 Å². The molecule has 0 radical (unpaired) electrons. The summed E-state index contributed by atoms with van der Waals surface area (Å²) >= 11 is 0. The van der Waals surface area contributed by atoms with Crippen molar-refractivity contribution in [2.45, 2.75) is 105 Å². The zero-order valence-electron chi connectivity index (χ0n) is 30.1. The van der Waals surface area contributed by atoms with Crippen LogP contribution >= 0.6 is 15.6 Å². The molecule has 1 fully saturated rings. The molecule has 0 amide bonds. The Morgan fingerprint density at radius 1 is 0.780 bits per heavy atom. The predicted octanol–water partition coefficient (Wildman–Crippen LogP) is 3.41. The highest BCUT2D eigenvalue weighted by Gasteiger charge is 2.44. The van der Waals surface area contributed by atoms with Crippen LogP contribution in [0, 0.1) is 5.92 Å². The molecule has 1 saturated heterocycles. The van der Waals surface area contributed by atoms with E-state index in [2.05, 4.69) is 80.5 Å².